The van der Waals surface area contributed by atoms with Crippen LogP contribution in [0.1, 0.15) is 39.1 Å². The highest BCUT2D eigenvalue weighted by molar-refractivity contribution is 7.99. The fourth-order valence-corrected chi connectivity index (χ4v) is 4.03. The van der Waals surface area contributed by atoms with Crippen LogP contribution in [0.4, 0.5) is 5.00 Å². The molecule has 6 nitrogen and oxygen atoms in total. The van der Waals surface area contributed by atoms with E-state index in [-0.39, 0.29) is 11.7 Å². The molecule has 2 aromatic heterocycles. The highest BCUT2D eigenvalue weighted by Crippen LogP contribution is 2.33. The van der Waals surface area contributed by atoms with E-state index in [9.17, 15) is 9.59 Å². The van der Waals surface area contributed by atoms with Crippen molar-refractivity contribution < 1.29 is 14.3 Å². The highest BCUT2D eigenvalue weighted by Gasteiger charge is 2.22. The van der Waals surface area contributed by atoms with Gasteiger partial charge in [0.1, 0.15) is 5.00 Å². The predicted octanol–water partition coefficient (Wildman–Crippen LogP) is 3.68. The third-order valence-corrected chi connectivity index (χ3v) is 5.38. The van der Waals surface area contributed by atoms with E-state index < -0.39 is 5.97 Å². The third kappa shape index (κ3) is 5.02. The molecule has 0 aliphatic heterocycles. The molecule has 1 N–H and O–H groups in total. The minimum Gasteiger partial charge on any atom is -0.462 e. The number of anilines is 1. The topological polar surface area (TPSA) is 81.2 Å². The molecule has 25 heavy (non-hydrogen) atoms. The number of hydrogen-bond acceptors (Lipinski definition) is 7. The second-order valence-electron chi connectivity index (χ2n) is 5.48. The number of rotatable bonds is 6. The number of esters is 1. The van der Waals surface area contributed by atoms with Gasteiger partial charge in [-0.2, -0.15) is 0 Å². The number of aryl methyl sites for hydroxylation is 3. The van der Waals surface area contributed by atoms with Gasteiger partial charge in [0.25, 0.3) is 0 Å². The highest BCUT2D eigenvalue weighted by atomic mass is 32.2. The molecule has 0 unspecified atom stereocenters. The Morgan fingerprint density at radius 3 is 2.44 bits per heavy atom. The Kier molecular flexibility index (Phi) is 6.55. The van der Waals surface area contributed by atoms with E-state index in [2.05, 4.69) is 15.3 Å². The maximum atomic E-state index is 12.3. The molecule has 2 heterocycles. The molecule has 1 amide bonds. The van der Waals surface area contributed by atoms with Gasteiger partial charge in [0, 0.05) is 16.3 Å². The number of carbonyl (C=O) groups excluding carboxylic acids is 2. The van der Waals surface area contributed by atoms with E-state index in [0.717, 1.165) is 21.8 Å². The first-order chi connectivity index (χ1) is 11.8. The van der Waals surface area contributed by atoms with Crippen LogP contribution in [0, 0.1) is 27.7 Å². The number of ether oxygens (including phenoxy) is 1. The van der Waals surface area contributed by atoms with Crippen LogP contribution in [0.5, 0.6) is 0 Å². The van der Waals surface area contributed by atoms with Crippen molar-refractivity contribution in [1.29, 1.82) is 0 Å². The van der Waals surface area contributed by atoms with Crippen LogP contribution in [0.15, 0.2) is 11.2 Å². The zero-order chi connectivity index (χ0) is 18.6. The SMILES string of the molecule is CCOC(=O)c1c(NC(=O)CSc2nc(C)cc(C)n2)sc(C)c1C. The number of thioether (sulfide) groups is 1. The summed E-state index contributed by atoms with van der Waals surface area (Å²) in [6.07, 6.45) is 0. The Bertz CT molecular complexity index is 782. The molecule has 8 heteroatoms. The lowest BCUT2D eigenvalue weighted by molar-refractivity contribution is -0.113. The quantitative estimate of drug-likeness (QED) is 0.468. The van der Waals surface area contributed by atoms with Crippen molar-refractivity contribution in [1.82, 2.24) is 9.97 Å². The molecule has 2 aromatic rings. The molecule has 0 saturated carbocycles. The standard InChI is InChI=1S/C17H21N3O3S2/c1-6-23-16(22)14-11(4)12(5)25-15(14)20-13(21)8-24-17-18-9(2)7-10(3)19-17/h7H,6,8H2,1-5H3,(H,20,21). The predicted molar refractivity (Wildman–Crippen MR) is 101 cm³/mol. The Hall–Kier alpha value is -1.93. The van der Waals surface area contributed by atoms with Crippen LogP contribution in [-0.4, -0.2) is 34.2 Å². The number of nitrogens with one attached hydrogen (secondary N) is 1. The molecular formula is C17H21N3O3S2. The van der Waals surface area contributed by atoms with Gasteiger partial charge < -0.3 is 10.1 Å². The first kappa shape index (κ1) is 19.4. The zero-order valence-electron chi connectivity index (χ0n) is 14.9. The summed E-state index contributed by atoms with van der Waals surface area (Å²) >= 11 is 2.64. The van der Waals surface area contributed by atoms with Crippen LogP contribution in [-0.2, 0) is 9.53 Å². The van der Waals surface area contributed by atoms with Gasteiger partial charge in [0.2, 0.25) is 5.91 Å². The molecule has 0 bridgehead atoms. The van der Waals surface area contributed by atoms with Crippen LogP contribution in [0.25, 0.3) is 0 Å². The number of aromatic nitrogens is 2. The van der Waals surface area contributed by atoms with Crippen LogP contribution in [0.3, 0.4) is 0 Å². The summed E-state index contributed by atoms with van der Waals surface area (Å²) in [4.78, 5) is 34.0. The Morgan fingerprint density at radius 1 is 1.20 bits per heavy atom. The van der Waals surface area contributed by atoms with Crippen molar-refractivity contribution >= 4 is 40.0 Å². The molecule has 0 radical (unpaired) electrons. The maximum Gasteiger partial charge on any atom is 0.341 e. The van der Waals surface area contributed by atoms with Gasteiger partial charge in [-0.25, -0.2) is 14.8 Å². The first-order valence-corrected chi connectivity index (χ1v) is 9.64. The second-order valence-corrected chi connectivity index (χ2v) is 7.65. The molecule has 0 saturated heterocycles. The number of hydrogen-bond donors (Lipinski definition) is 1. The molecule has 134 valence electrons. The summed E-state index contributed by atoms with van der Waals surface area (Å²) in [5.41, 5.74) is 3.00. The Morgan fingerprint density at radius 2 is 1.84 bits per heavy atom. The van der Waals surface area contributed by atoms with Gasteiger partial charge in [-0.15, -0.1) is 11.3 Å². The summed E-state index contributed by atoms with van der Waals surface area (Å²) < 4.78 is 5.09. The fraction of sp³-hybridized carbons (Fsp3) is 0.412. The third-order valence-electron chi connectivity index (χ3n) is 3.41. The minimum atomic E-state index is -0.412. The normalized spacial score (nSPS) is 10.6. The summed E-state index contributed by atoms with van der Waals surface area (Å²) in [5.74, 6) is -0.453. The van der Waals surface area contributed by atoms with Gasteiger partial charge in [0.15, 0.2) is 5.16 Å². The molecule has 0 aliphatic rings. The molecule has 0 aromatic carbocycles. The van der Waals surface area contributed by atoms with E-state index in [1.807, 2.05) is 33.8 Å². The van der Waals surface area contributed by atoms with Crippen molar-refractivity contribution in [3.8, 4) is 0 Å². The van der Waals surface area contributed by atoms with Crippen molar-refractivity contribution in [3.63, 3.8) is 0 Å². The summed E-state index contributed by atoms with van der Waals surface area (Å²) in [7, 11) is 0. The van der Waals surface area contributed by atoms with Gasteiger partial charge in [0.05, 0.1) is 17.9 Å². The molecular weight excluding hydrogens is 358 g/mol. The monoisotopic (exact) mass is 379 g/mol. The maximum absolute atomic E-state index is 12.3. The van der Waals surface area contributed by atoms with Gasteiger partial charge >= 0.3 is 5.97 Å². The molecule has 2 rings (SSSR count). The molecule has 0 spiro atoms. The molecule has 0 fully saturated rings. The minimum absolute atomic E-state index is 0.168. The van der Waals surface area contributed by atoms with Gasteiger partial charge in [-0.05, 0) is 46.2 Å². The number of thiophene rings is 1. The summed E-state index contributed by atoms with van der Waals surface area (Å²) in [5, 5.41) is 3.91. The lowest BCUT2D eigenvalue weighted by Gasteiger charge is -2.07. The van der Waals surface area contributed by atoms with Crippen LogP contribution < -0.4 is 5.32 Å². The number of amides is 1. The average Bonchev–Trinajstić information content (AvgIpc) is 2.79. The fourth-order valence-electron chi connectivity index (χ4n) is 2.22. The first-order valence-electron chi connectivity index (χ1n) is 7.83. The van der Waals surface area contributed by atoms with Crippen molar-refractivity contribution in [2.75, 3.05) is 17.7 Å². The second kappa shape index (κ2) is 8.44. The van der Waals surface area contributed by atoms with E-state index in [1.165, 1.54) is 23.1 Å². The van der Waals surface area contributed by atoms with Crippen molar-refractivity contribution in [2.45, 2.75) is 39.8 Å². The molecule has 0 aliphatic carbocycles. The van der Waals surface area contributed by atoms with E-state index in [4.69, 9.17) is 4.74 Å². The van der Waals surface area contributed by atoms with Crippen molar-refractivity contribution in [2.24, 2.45) is 0 Å². The van der Waals surface area contributed by atoms with Crippen LogP contribution in [0.2, 0.25) is 0 Å². The molecule has 0 atom stereocenters. The number of carbonyl (C=O) groups is 2. The summed E-state index contributed by atoms with van der Waals surface area (Å²) in [6, 6.07) is 1.88. The largest absolute Gasteiger partial charge is 0.462 e. The van der Waals surface area contributed by atoms with Crippen molar-refractivity contribution in [3.05, 3.63) is 33.5 Å². The van der Waals surface area contributed by atoms with Gasteiger partial charge in [-0.3, -0.25) is 4.79 Å². The number of nitrogens with zero attached hydrogens (tertiary/aromatic N) is 2. The van der Waals surface area contributed by atoms with E-state index >= 15 is 0 Å². The Balaban J connectivity index is 2.07. The van der Waals surface area contributed by atoms with E-state index in [1.54, 1.807) is 6.92 Å². The average molecular weight is 380 g/mol. The zero-order valence-corrected chi connectivity index (χ0v) is 16.6. The van der Waals surface area contributed by atoms with E-state index in [0.29, 0.717) is 22.3 Å². The van der Waals surface area contributed by atoms with Crippen LogP contribution >= 0.6 is 23.1 Å². The lowest BCUT2D eigenvalue weighted by Crippen LogP contribution is -2.16. The Labute approximate surface area is 155 Å². The lowest BCUT2D eigenvalue weighted by atomic mass is 10.1. The smallest absolute Gasteiger partial charge is 0.341 e. The summed E-state index contributed by atoms with van der Waals surface area (Å²) in [6.45, 7) is 9.59. The van der Waals surface area contributed by atoms with Gasteiger partial charge in [-0.1, -0.05) is 11.8 Å².